The zero-order valence-corrected chi connectivity index (χ0v) is 17.1. The van der Waals surface area contributed by atoms with Gasteiger partial charge in [-0.3, -0.25) is 4.79 Å². The molecule has 0 radical (unpaired) electrons. The van der Waals surface area contributed by atoms with Crippen molar-refractivity contribution in [3.63, 3.8) is 0 Å². The van der Waals surface area contributed by atoms with E-state index < -0.39 is 11.6 Å². The van der Waals surface area contributed by atoms with Crippen molar-refractivity contribution in [2.75, 3.05) is 5.32 Å². The predicted octanol–water partition coefficient (Wildman–Crippen LogP) is 5.79. The number of anilines is 1. The summed E-state index contributed by atoms with van der Waals surface area (Å²) in [5.74, 6) is -0.558. The van der Waals surface area contributed by atoms with Gasteiger partial charge < -0.3 is 15.2 Å². The summed E-state index contributed by atoms with van der Waals surface area (Å²) >= 11 is 0. The van der Waals surface area contributed by atoms with Crippen LogP contribution in [-0.2, 0) is 9.59 Å². The van der Waals surface area contributed by atoms with Crippen molar-refractivity contribution in [2.45, 2.75) is 90.6 Å². The van der Waals surface area contributed by atoms with Crippen LogP contribution in [0.5, 0.6) is 5.75 Å². The summed E-state index contributed by atoms with van der Waals surface area (Å²) in [5.41, 5.74) is -0.600. The second-order valence-corrected chi connectivity index (χ2v) is 7.57. The lowest BCUT2D eigenvalue weighted by atomic mass is 10.1. The molecule has 0 heterocycles. The van der Waals surface area contributed by atoms with Gasteiger partial charge in [-0.25, -0.2) is 4.79 Å². The standard InChI is InChI=1S/C22H35NO4/c1-4-5-6-7-8-9-10-11-12-13-20(24)23-18-14-16-19(17-15-18)27-22(2,3)21(25)26/h14-17H,4-13H2,1-3H3,(H,23,24)(H,25,26). The molecule has 5 nitrogen and oxygen atoms in total. The molecule has 0 unspecified atom stereocenters. The fourth-order valence-electron chi connectivity index (χ4n) is 2.76. The molecule has 5 heteroatoms. The lowest BCUT2D eigenvalue weighted by Crippen LogP contribution is -2.37. The van der Waals surface area contributed by atoms with Crippen molar-refractivity contribution < 1.29 is 19.4 Å². The zero-order chi connectivity index (χ0) is 20.1. The molecule has 0 aliphatic heterocycles. The lowest BCUT2D eigenvalue weighted by Gasteiger charge is -2.21. The van der Waals surface area contributed by atoms with Crippen LogP contribution in [0.25, 0.3) is 0 Å². The van der Waals surface area contributed by atoms with Crippen molar-refractivity contribution in [3.05, 3.63) is 24.3 Å². The molecule has 1 amide bonds. The van der Waals surface area contributed by atoms with Crippen molar-refractivity contribution >= 4 is 17.6 Å². The van der Waals surface area contributed by atoms with E-state index in [0.717, 1.165) is 12.8 Å². The Morgan fingerprint density at radius 2 is 1.44 bits per heavy atom. The van der Waals surface area contributed by atoms with E-state index >= 15 is 0 Å². The second kappa shape index (κ2) is 12.4. The molecule has 0 saturated heterocycles. The van der Waals surface area contributed by atoms with Gasteiger partial charge in [-0.2, -0.15) is 0 Å². The highest BCUT2D eigenvalue weighted by molar-refractivity contribution is 5.90. The van der Waals surface area contributed by atoms with Crippen LogP contribution in [0.1, 0.15) is 85.0 Å². The minimum Gasteiger partial charge on any atom is -0.478 e. The quantitative estimate of drug-likeness (QED) is 0.402. The number of carbonyl (C=O) groups is 2. The van der Waals surface area contributed by atoms with Crippen LogP contribution in [0.3, 0.4) is 0 Å². The van der Waals surface area contributed by atoms with Gasteiger partial charge in [0.05, 0.1) is 0 Å². The molecule has 0 fully saturated rings. The van der Waals surface area contributed by atoms with E-state index in [0.29, 0.717) is 17.9 Å². The van der Waals surface area contributed by atoms with Crippen molar-refractivity contribution in [3.8, 4) is 5.75 Å². The third kappa shape index (κ3) is 10.0. The third-order valence-electron chi connectivity index (χ3n) is 4.53. The number of ether oxygens (including phenoxy) is 1. The molecule has 1 rings (SSSR count). The monoisotopic (exact) mass is 377 g/mol. The Bertz CT molecular complexity index is 566. The first-order valence-electron chi connectivity index (χ1n) is 10.2. The summed E-state index contributed by atoms with van der Waals surface area (Å²) in [4.78, 5) is 23.1. The second-order valence-electron chi connectivity index (χ2n) is 7.57. The maximum Gasteiger partial charge on any atom is 0.347 e. The number of carboxylic acid groups (broad SMARTS) is 1. The van der Waals surface area contributed by atoms with E-state index in [4.69, 9.17) is 9.84 Å². The first kappa shape index (κ1) is 23.0. The van der Waals surface area contributed by atoms with Gasteiger partial charge in [0.25, 0.3) is 0 Å². The Kier molecular flexibility index (Phi) is 10.5. The van der Waals surface area contributed by atoms with Crippen LogP contribution in [0, 0.1) is 0 Å². The van der Waals surface area contributed by atoms with Crippen LogP contribution >= 0.6 is 0 Å². The fraction of sp³-hybridized carbons (Fsp3) is 0.636. The first-order valence-corrected chi connectivity index (χ1v) is 10.2. The Labute approximate surface area is 163 Å². The summed E-state index contributed by atoms with van der Waals surface area (Å²) in [6.45, 7) is 5.22. The van der Waals surface area contributed by atoms with E-state index in [1.165, 1.54) is 58.8 Å². The predicted molar refractivity (Wildman–Crippen MR) is 109 cm³/mol. The van der Waals surface area contributed by atoms with Crippen molar-refractivity contribution in [1.82, 2.24) is 0 Å². The number of benzene rings is 1. The van der Waals surface area contributed by atoms with Crippen LogP contribution in [0.4, 0.5) is 5.69 Å². The van der Waals surface area contributed by atoms with Gasteiger partial charge in [0.2, 0.25) is 5.91 Å². The molecule has 27 heavy (non-hydrogen) atoms. The molecule has 0 aliphatic rings. The van der Waals surface area contributed by atoms with Crippen LogP contribution in [0.2, 0.25) is 0 Å². The van der Waals surface area contributed by atoms with Gasteiger partial charge >= 0.3 is 5.97 Å². The first-order chi connectivity index (χ1) is 12.8. The van der Waals surface area contributed by atoms with Crippen LogP contribution in [0.15, 0.2) is 24.3 Å². The highest BCUT2D eigenvalue weighted by Gasteiger charge is 2.29. The van der Waals surface area contributed by atoms with Gasteiger partial charge in [-0.15, -0.1) is 0 Å². The molecule has 0 bridgehead atoms. The minimum absolute atomic E-state index is 0.0116. The van der Waals surface area contributed by atoms with Crippen molar-refractivity contribution in [2.24, 2.45) is 0 Å². The number of aliphatic carboxylic acids is 1. The number of nitrogens with one attached hydrogen (secondary N) is 1. The van der Waals surface area contributed by atoms with Gasteiger partial charge in [0, 0.05) is 12.1 Å². The summed E-state index contributed by atoms with van der Waals surface area (Å²) < 4.78 is 5.44. The van der Waals surface area contributed by atoms with E-state index in [1.54, 1.807) is 24.3 Å². The Morgan fingerprint density at radius 1 is 0.926 bits per heavy atom. The van der Waals surface area contributed by atoms with Crippen molar-refractivity contribution in [1.29, 1.82) is 0 Å². The van der Waals surface area contributed by atoms with E-state index in [2.05, 4.69) is 12.2 Å². The Balaban J connectivity index is 2.20. The summed E-state index contributed by atoms with van der Waals surface area (Å²) in [6.07, 6.45) is 11.6. The average Bonchev–Trinajstić information content (AvgIpc) is 2.61. The fourth-order valence-corrected chi connectivity index (χ4v) is 2.76. The number of hydrogen-bond acceptors (Lipinski definition) is 3. The molecule has 1 aromatic carbocycles. The molecule has 0 saturated carbocycles. The number of carboxylic acids is 1. The highest BCUT2D eigenvalue weighted by atomic mass is 16.5. The molecule has 0 spiro atoms. The largest absolute Gasteiger partial charge is 0.478 e. The third-order valence-corrected chi connectivity index (χ3v) is 4.53. The van der Waals surface area contributed by atoms with Crippen LogP contribution < -0.4 is 10.1 Å². The molecular weight excluding hydrogens is 342 g/mol. The average molecular weight is 378 g/mol. The topological polar surface area (TPSA) is 75.6 Å². The molecule has 152 valence electrons. The van der Waals surface area contributed by atoms with E-state index in [1.807, 2.05) is 0 Å². The number of rotatable bonds is 14. The summed E-state index contributed by atoms with van der Waals surface area (Å²) in [7, 11) is 0. The number of amides is 1. The highest BCUT2D eigenvalue weighted by Crippen LogP contribution is 2.21. The van der Waals surface area contributed by atoms with E-state index in [-0.39, 0.29) is 5.91 Å². The smallest absolute Gasteiger partial charge is 0.347 e. The zero-order valence-electron chi connectivity index (χ0n) is 17.1. The molecule has 0 aromatic heterocycles. The summed E-state index contributed by atoms with van der Waals surface area (Å²) in [5, 5.41) is 11.9. The molecule has 0 aliphatic carbocycles. The van der Waals surface area contributed by atoms with Crippen LogP contribution in [-0.4, -0.2) is 22.6 Å². The van der Waals surface area contributed by atoms with Gasteiger partial charge in [-0.1, -0.05) is 58.3 Å². The Morgan fingerprint density at radius 3 is 1.96 bits per heavy atom. The normalized spacial score (nSPS) is 11.2. The SMILES string of the molecule is CCCCCCCCCCCC(=O)Nc1ccc(OC(C)(C)C(=O)O)cc1. The number of carbonyl (C=O) groups excluding carboxylic acids is 1. The number of unbranched alkanes of at least 4 members (excludes halogenated alkanes) is 8. The summed E-state index contributed by atoms with van der Waals surface area (Å²) in [6, 6.07) is 6.78. The molecular formula is C22H35NO4. The maximum absolute atomic E-state index is 12.0. The molecule has 2 N–H and O–H groups in total. The maximum atomic E-state index is 12.0. The number of hydrogen-bond donors (Lipinski definition) is 2. The van der Waals surface area contributed by atoms with Gasteiger partial charge in [0.1, 0.15) is 5.75 Å². The van der Waals surface area contributed by atoms with E-state index in [9.17, 15) is 9.59 Å². The van der Waals surface area contributed by atoms with Gasteiger partial charge in [-0.05, 0) is 44.5 Å². The minimum atomic E-state index is -1.29. The molecule has 0 atom stereocenters. The Hall–Kier alpha value is -2.04. The molecule has 1 aromatic rings. The van der Waals surface area contributed by atoms with Gasteiger partial charge in [0.15, 0.2) is 5.60 Å². The lowest BCUT2D eigenvalue weighted by molar-refractivity contribution is -0.152.